The predicted octanol–water partition coefficient (Wildman–Crippen LogP) is 4.58. The second kappa shape index (κ2) is 9.50. The maximum atomic E-state index is 10.3. The lowest BCUT2D eigenvalue weighted by Gasteiger charge is -2.38. The minimum absolute atomic E-state index is 0.173. The van der Waals surface area contributed by atoms with Gasteiger partial charge in [-0.15, -0.1) is 0 Å². The first-order chi connectivity index (χ1) is 14.0. The lowest BCUT2D eigenvalue weighted by atomic mass is 9.87. The number of rotatable bonds is 8. The predicted molar refractivity (Wildman–Crippen MR) is 121 cm³/mol. The van der Waals surface area contributed by atoms with E-state index in [9.17, 15) is 5.11 Å². The van der Waals surface area contributed by atoms with Gasteiger partial charge in [-0.3, -0.25) is 4.99 Å². The Labute approximate surface area is 173 Å². The Morgan fingerprint density at radius 3 is 2.41 bits per heavy atom. The van der Waals surface area contributed by atoms with Crippen molar-refractivity contribution in [1.29, 1.82) is 0 Å². The first kappa shape index (κ1) is 20.8. The number of benzene rings is 2. The van der Waals surface area contributed by atoms with Crippen LogP contribution in [0.15, 0.2) is 78.5 Å². The number of aliphatic hydroxyl groups is 1. The third kappa shape index (κ3) is 5.76. The molecule has 1 saturated heterocycles. The van der Waals surface area contributed by atoms with Gasteiger partial charge in [0.1, 0.15) is 11.4 Å². The Balaban J connectivity index is 1.49. The molecule has 0 aromatic heterocycles. The summed E-state index contributed by atoms with van der Waals surface area (Å²) in [6.07, 6.45) is 9.39. The van der Waals surface area contributed by atoms with E-state index in [1.165, 1.54) is 0 Å². The summed E-state index contributed by atoms with van der Waals surface area (Å²) < 4.78 is 5.63. The number of allylic oxidation sites excluding steroid dienone is 3. The molecule has 0 amide bonds. The molecule has 0 bridgehead atoms. The molecule has 0 spiro atoms. The minimum atomic E-state index is -0.726. The molecular formula is C25H28N2O2. The molecule has 1 aliphatic rings. The Bertz CT molecular complexity index is 903. The van der Waals surface area contributed by atoms with E-state index < -0.39 is 5.60 Å². The van der Waals surface area contributed by atoms with Crippen molar-refractivity contribution in [2.45, 2.75) is 25.6 Å². The van der Waals surface area contributed by atoms with Crippen LogP contribution >= 0.6 is 0 Å². The van der Waals surface area contributed by atoms with Crippen LogP contribution < -0.4 is 10.1 Å². The molecule has 0 aliphatic carbocycles. The van der Waals surface area contributed by atoms with Crippen molar-refractivity contribution in [3.05, 3.63) is 90.2 Å². The molecular weight excluding hydrogens is 360 g/mol. The lowest BCUT2D eigenvalue weighted by Crippen LogP contribution is -2.56. The van der Waals surface area contributed by atoms with Crippen LogP contribution in [0.25, 0.3) is 11.6 Å². The van der Waals surface area contributed by atoms with Gasteiger partial charge in [-0.25, -0.2) is 0 Å². The van der Waals surface area contributed by atoms with Crippen LogP contribution in [0.3, 0.4) is 0 Å². The number of ether oxygens (including phenoxy) is 1. The number of aliphatic imine (C=N–C) groups is 1. The highest BCUT2D eigenvalue weighted by molar-refractivity contribution is 5.80. The number of hydrogen-bond acceptors (Lipinski definition) is 4. The second-order valence-corrected chi connectivity index (χ2v) is 7.45. The van der Waals surface area contributed by atoms with Gasteiger partial charge >= 0.3 is 0 Å². The highest BCUT2D eigenvalue weighted by Gasteiger charge is 2.35. The van der Waals surface area contributed by atoms with Gasteiger partial charge in [0.2, 0.25) is 0 Å². The first-order valence-corrected chi connectivity index (χ1v) is 9.82. The summed E-state index contributed by atoms with van der Waals surface area (Å²) >= 11 is 0. The Morgan fingerprint density at radius 1 is 1.14 bits per heavy atom. The van der Waals surface area contributed by atoms with Crippen LogP contribution in [0.4, 0.5) is 0 Å². The average molecular weight is 389 g/mol. The quantitative estimate of drug-likeness (QED) is 0.514. The largest absolute Gasteiger partial charge is 0.491 e. The average Bonchev–Trinajstić information content (AvgIpc) is 2.69. The standard InChI is InChI=1S/C25H28N2O2/c1-19(2)29-24-12-6-21(7-13-24)14-16-26-15-4-5-20(3)22-8-10-23(11-9-22)25(28)17-27-18-25/h4-16,19,27-28H,3,17-18H2,1-2H3/b5-4-,16-14+,26-15+. The maximum absolute atomic E-state index is 10.3. The van der Waals surface area contributed by atoms with Gasteiger partial charge in [0, 0.05) is 25.5 Å². The zero-order valence-corrected chi connectivity index (χ0v) is 17.0. The Morgan fingerprint density at radius 2 is 1.83 bits per heavy atom. The van der Waals surface area contributed by atoms with Crippen molar-refractivity contribution in [2.24, 2.45) is 4.99 Å². The lowest BCUT2D eigenvalue weighted by molar-refractivity contribution is -0.0146. The fraction of sp³-hybridized carbons (Fsp3) is 0.240. The molecule has 4 heteroatoms. The van der Waals surface area contributed by atoms with Gasteiger partial charge in [0.15, 0.2) is 0 Å². The maximum Gasteiger partial charge on any atom is 0.119 e. The van der Waals surface area contributed by atoms with E-state index in [2.05, 4.69) is 16.9 Å². The second-order valence-electron chi connectivity index (χ2n) is 7.45. The summed E-state index contributed by atoms with van der Waals surface area (Å²) in [5.74, 6) is 0.869. The van der Waals surface area contributed by atoms with Crippen molar-refractivity contribution in [1.82, 2.24) is 5.32 Å². The van der Waals surface area contributed by atoms with Gasteiger partial charge in [-0.2, -0.15) is 0 Å². The van der Waals surface area contributed by atoms with Crippen molar-refractivity contribution < 1.29 is 9.84 Å². The van der Waals surface area contributed by atoms with E-state index >= 15 is 0 Å². The molecule has 2 aromatic carbocycles. The fourth-order valence-corrected chi connectivity index (χ4v) is 2.97. The van der Waals surface area contributed by atoms with Crippen LogP contribution in [-0.4, -0.2) is 30.5 Å². The van der Waals surface area contributed by atoms with Gasteiger partial charge in [-0.1, -0.05) is 49.1 Å². The summed E-state index contributed by atoms with van der Waals surface area (Å²) in [6.45, 7) is 9.32. The van der Waals surface area contributed by atoms with E-state index in [4.69, 9.17) is 4.74 Å². The van der Waals surface area contributed by atoms with E-state index in [1.54, 1.807) is 12.4 Å². The van der Waals surface area contributed by atoms with Crippen LogP contribution in [0.5, 0.6) is 5.75 Å². The van der Waals surface area contributed by atoms with Crippen LogP contribution in [0, 0.1) is 0 Å². The van der Waals surface area contributed by atoms with Crippen molar-refractivity contribution in [3.8, 4) is 5.75 Å². The Hall–Kier alpha value is -2.95. The van der Waals surface area contributed by atoms with Crippen LogP contribution in [0.2, 0.25) is 0 Å². The highest BCUT2D eigenvalue weighted by Crippen LogP contribution is 2.26. The van der Waals surface area contributed by atoms with Crippen LogP contribution in [0.1, 0.15) is 30.5 Å². The summed E-state index contributed by atoms with van der Waals surface area (Å²) in [5.41, 5.74) is 3.19. The molecule has 1 fully saturated rings. The molecule has 4 nitrogen and oxygen atoms in total. The number of nitrogens with zero attached hydrogens (tertiary/aromatic N) is 1. The van der Waals surface area contributed by atoms with Gasteiger partial charge in [0.25, 0.3) is 0 Å². The molecule has 150 valence electrons. The van der Waals surface area contributed by atoms with E-state index in [0.717, 1.165) is 28.0 Å². The van der Waals surface area contributed by atoms with Crippen molar-refractivity contribution >= 4 is 17.9 Å². The molecule has 29 heavy (non-hydrogen) atoms. The molecule has 0 saturated carbocycles. The summed E-state index contributed by atoms with van der Waals surface area (Å²) in [4.78, 5) is 4.26. The van der Waals surface area contributed by atoms with E-state index in [0.29, 0.717) is 13.1 Å². The molecule has 0 radical (unpaired) electrons. The normalized spacial score (nSPS) is 16.0. The van der Waals surface area contributed by atoms with Crippen LogP contribution in [-0.2, 0) is 5.60 Å². The third-order valence-electron chi connectivity index (χ3n) is 4.70. The molecule has 2 N–H and O–H groups in total. The first-order valence-electron chi connectivity index (χ1n) is 9.82. The zero-order chi connectivity index (χ0) is 20.7. The van der Waals surface area contributed by atoms with Gasteiger partial charge in [0.05, 0.1) is 6.10 Å². The molecule has 1 aliphatic heterocycles. The molecule has 1 heterocycles. The highest BCUT2D eigenvalue weighted by atomic mass is 16.5. The summed E-state index contributed by atoms with van der Waals surface area (Å²) in [5, 5.41) is 13.4. The van der Waals surface area contributed by atoms with E-state index in [-0.39, 0.29) is 6.10 Å². The smallest absolute Gasteiger partial charge is 0.119 e. The number of hydrogen-bond donors (Lipinski definition) is 2. The zero-order valence-electron chi connectivity index (χ0n) is 17.0. The van der Waals surface area contributed by atoms with E-state index in [1.807, 2.05) is 80.6 Å². The number of nitrogens with one attached hydrogen (secondary N) is 1. The number of β-amino-alcohol motifs (C(OH)–C–C–N with tert-alkyl or cyclic N) is 1. The SMILES string of the molecule is C=C(\C=C/C=N/C=C/c1ccc(OC(C)C)cc1)c1ccc(C2(O)CNC2)cc1. The van der Waals surface area contributed by atoms with Crippen molar-refractivity contribution in [2.75, 3.05) is 13.1 Å². The summed E-state index contributed by atoms with van der Waals surface area (Å²) in [7, 11) is 0. The molecule has 3 rings (SSSR count). The van der Waals surface area contributed by atoms with Crippen molar-refractivity contribution in [3.63, 3.8) is 0 Å². The molecule has 0 unspecified atom stereocenters. The van der Waals surface area contributed by atoms with Gasteiger partial charge in [-0.05, 0) is 60.4 Å². The molecule has 2 aromatic rings. The van der Waals surface area contributed by atoms with Gasteiger partial charge < -0.3 is 15.2 Å². The fourth-order valence-electron chi connectivity index (χ4n) is 2.97. The minimum Gasteiger partial charge on any atom is -0.491 e. The Kier molecular flexibility index (Phi) is 6.81. The monoisotopic (exact) mass is 388 g/mol. The molecule has 0 atom stereocenters. The third-order valence-corrected chi connectivity index (χ3v) is 4.70. The topological polar surface area (TPSA) is 53.9 Å². The summed E-state index contributed by atoms with van der Waals surface area (Å²) in [6, 6.07) is 15.8.